The first-order valence-corrected chi connectivity index (χ1v) is 6.58. The minimum Gasteiger partial charge on any atom is -0.389 e. The van der Waals surface area contributed by atoms with Crippen LogP contribution >= 0.6 is 12.2 Å². The van der Waals surface area contributed by atoms with E-state index in [9.17, 15) is 0 Å². The Hall–Kier alpha value is -1.16. The Labute approximate surface area is 108 Å². The second-order valence-electron chi connectivity index (χ2n) is 4.59. The molecule has 0 saturated carbocycles. The van der Waals surface area contributed by atoms with Crippen molar-refractivity contribution in [2.45, 2.75) is 39.2 Å². The molecular formula is C13H19N3S. The van der Waals surface area contributed by atoms with Crippen LogP contribution in [0.15, 0.2) is 12.3 Å². The van der Waals surface area contributed by atoms with E-state index in [0.717, 1.165) is 29.9 Å². The summed E-state index contributed by atoms with van der Waals surface area (Å²) in [7, 11) is 0. The maximum Gasteiger partial charge on any atom is 0.139 e. The van der Waals surface area contributed by atoms with Crippen LogP contribution < -0.4 is 10.6 Å². The van der Waals surface area contributed by atoms with E-state index >= 15 is 0 Å². The van der Waals surface area contributed by atoms with Crippen LogP contribution in [0.1, 0.15) is 37.3 Å². The molecule has 3 nitrogen and oxygen atoms in total. The number of rotatable bonds is 3. The number of thiocarbonyl (C=S) groups is 1. The van der Waals surface area contributed by atoms with Gasteiger partial charge in [-0.3, -0.25) is 0 Å². The summed E-state index contributed by atoms with van der Waals surface area (Å²) < 4.78 is 0. The van der Waals surface area contributed by atoms with Gasteiger partial charge >= 0.3 is 0 Å². The molecule has 2 rings (SSSR count). The Balaban J connectivity index is 2.44. The van der Waals surface area contributed by atoms with Crippen molar-refractivity contribution < 1.29 is 0 Å². The summed E-state index contributed by atoms with van der Waals surface area (Å²) in [6.07, 6.45) is 5.46. The van der Waals surface area contributed by atoms with Crippen LogP contribution in [0.3, 0.4) is 0 Å². The number of pyridine rings is 1. The Morgan fingerprint density at radius 1 is 1.65 bits per heavy atom. The number of hydrogen-bond donors (Lipinski definition) is 1. The highest BCUT2D eigenvalue weighted by Gasteiger charge is 2.26. The molecule has 0 radical (unpaired) electrons. The third-order valence-corrected chi connectivity index (χ3v) is 3.71. The maximum atomic E-state index is 5.83. The molecule has 1 atom stereocenters. The quantitative estimate of drug-likeness (QED) is 0.835. The van der Waals surface area contributed by atoms with Gasteiger partial charge in [0.15, 0.2) is 0 Å². The molecule has 1 saturated heterocycles. The van der Waals surface area contributed by atoms with Gasteiger partial charge < -0.3 is 10.6 Å². The summed E-state index contributed by atoms with van der Waals surface area (Å²) in [5.74, 6) is 0.974. The summed E-state index contributed by atoms with van der Waals surface area (Å²) in [6.45, 7) is 5.32. The average Bonchev–Trinajstić information content (AvgIpc) is 2.75. The number of nitrogens with two attached hydrogens (primary N) is 1. The zero-order chi connectivity index (χ0) is 12.4. The summed E-state index contributed by atoms with van der Waals surface area (Å²) in [4.78, 5) is 7.31. The Morgan fingerprint density at radius 2 is 2.41 bits per heavy atom. The van der Waals surface area contributed by atoms with Crippen molar-refractivity contribution >= 4 is 23.0 Å². The maximum absolute atomic E-state index is 5.83. The van der Waals surface area contributed by atoms with Crippen molar-refractivity contribution in [1.29, 1.82) is 0 Å². The number of hydrogen-bond acceptors (Lipinski definition) is 3. The zero-order valence-corrected chi connectivity index (χ0v) is 11.3. The first-order valence-electron chi connectivity index (χ1n) is 6.17. The number of aryl methyl sites for hydroxylation is 1. The van der Waals surface area contributed by atoms with Crippen molar-refractivity contribution in [3.63, 3.8) is 0 Å². The minimum absolute atomic E-state index is 0.451. The molecule has 2 heterocycles. The molecule has 1 unspecified atom stereocenters. The second kappa shape index (κ2) is 5.00. The normalized spacial score (nSPS) is 19.6. The lowest BCUT2D eigenvalue weighted by atomic mass is 10.1. The molecule has 17 heavy (non-hydrogen) atoms. The number of aromatic nitrogens is 1. The van der Waals surface area contributed by atoms with E-state index in [1.54, 1.807) is 0 Å². The lowest BCUT2D eigenvalue weighted by molar-refractivity contribution is 0.640. The minimum atomic E-state index is 0.451. The largest absolute Gasteiger partial charge is 0.389 e. The van der Waals surface area contributed by atoms with Crippen molar-refractivity contribution in [2.75, 3.05) is 11.4 Å². The fraction of sp³-hybridized carbons (Fsp3) is 0.538. The van der Waals surface area contributed by atoms with Gasteiger partial charge in [0.25, 0.3) is 0 Å². The van der Waals surface area contributed by atoms with E-state index in [-0.39, 0.29) is 0 Å². The molecule has 1 aromatic rings. The lowest BCUT2D eigenvalue weighted by Crippen LogP contribution is -2.32. The summed E-state index contributed by atoms with van der Waals surface area (Å²) in [5.41, 5.74) is 7.90. The van der Waals surface area contributed by atoms with Gasteiger partial charge in [-0.1, -0.05) is 19.1 Å². The van der Waals surface area contributed by atoms with Crippen LogP contribution in [0.2, 0.25) is 0 Å². The molecule has 4 heteroatoms. The van der Waals surface area contributed by atoms with Crippen LogP contribution in [-0.4, -0.2) is 22.6 Å². The van der Waals surface area contributed by atoms with E-state index < -0.39 is 0 Å². The molecule has 0 aliphatic carbocycles. The monoisotopic (exact) mass is 249 g/mol. The topological polar surface area (TPSA) is 42.2 Å². The highest BCUT2D eigenvalue weighted by molar-refractivity contribution is 7.80. The van der Waals surface area contributed by atoms with E-state index in [2.05, 4.69) is 16.8 Å². The van der Waals surface area contributed by atoms with Crippen LogP contribution in [0.5, 0.6) is 0 Å². The molecule has 1 aromatic heterocycles. The van der Waals surface area contributed by atoms with Gasteiger partial charge in [-0.2, -0.15) is 0 Å². The van der Waals surface area contributed by atoms with Crippen LogP contribution in [-0.2, 0) is 0 Å². The molecule has 0 amide bonds. The Kier molecular flexibility index (Phi) is 3.62. The highest BCUT2D eigenvalue weighted by atomic mass is 32.1. The van der Waals surface area contributed by atoms with Crippen LogP contribution in [0, 0.1) is 6.92 Å². The number of anilines is 1. The number of nitrogens with zero attached hydrogens (tertiary/aromatic N) is 2. The molecular weight excluding hydrogens is 230 g/mol. The molecule has 2 N–H and O–H groups in total. The van der Waals surface area contributed by atoms with Gasteiger partial charge in [-0.25, -0.2) is 4.98 Å². The molecule has 1 aliphatic heterocycles. The van der Waals surface area contributed by atoms with E-state index in [1.165, 1.54) is 12.8 Å². The summed E-state index contributed by atoms with van der Waals surface area (Å²) >= 11 is 5.16. The third kappa shape index (κ3) is 2.27. The van der Waals surface area contributed by atoms with E-state index in [0.29, 0.717) is 11.0 Å². The predicted molar refractivity (Wildman–Crippen MR) is 75.5 cm³/mol. The molecule has 0 spiro atoms. The van der Waals surface area contributed by atoms with Crippen molar-refractivity contribution in [3.05, 3.63) is 23.4 Å². The second-order valence-corrected chi connectivity index (χ2v) is 5.03. The van der Waals surface area contributed by atoms with Crippen LogP contribution in [0.25, 0.3) is 0 Å². The lowest BCUT2D eigenvalue weighted by Gasteiger charge is -2.27. The standard InChI is InChI=1S/C13H19N3S/c1-3-10-5-4-8-16(10)13-11(12(14)17)9(2)6-7-15-13/h6-7,10H,3-5,8H2,1-2H3,(H2,14,17). The van der Waals surface area contributed by atoms with E-state index in [4.69, 9.17) is 18.0 Å². The SMILES string of the molecule is CCC1CCCN1c1nccc(C)c1C(N)=S. The predicted octanol–water partition coefficient (Wildman–Crippen LogP) is 2.40. The zero-order valence-electron chi connectivity index (χ0n) is 10.4. The van der Waals surface area contributed by atoms with Gasteiger partial charge in [0.2, 0.25) is 0 Å². The smallest absolute Gasteiger partial charge is 0.139 e. The Bertz CT molecular complexity index is 431. The van der Waals surface area contributed by atoms with Gasteiger partial charge in [0.05, 0.1) is 5.56 Å². The molecule has 0 bridgehead atoms. The van der Waals surface area contributed by atoms with Crippen molar-refractivity contribution in [3.8, 4) is 0 Å². The highest BCUT2D eigenvalue weighted by Crippen LogP contribution is 2.29. The van der Waals surface area contributed by atoms with E-state index in [1.807, 2.05) is 19.2 Å². The summed E-state index contributed by atoms with van der Waals surface area (Å²) in [5, 5.41) is 0. The Morgan fingerprint density at radius 3 is 3.06 bits per heavy atom. The average molecular weight is 249 g/mol. The summed E-state index contributed by atoms with van der Waals surface area (Å²) in [6, 6.07) is 2.55. The van der Waals surface area contributed by atoms with Crippen LogP contribution in [0.4, 0.5) is 5.82 Å². The molecule has 1 aliphatic rings. The first kappa shape index (κ1) is 12.3. The first-order chi connectivity index (χ1) is 8.15. The fourth-order valence-corrected chi connectivity index (χ4v) is 2.86. The van der Waals surface area contributed by atoms with Gasteiger partial charge in [0.1, 0.15) is 10.8 Å². The third-order valence-electron chi connectivity index (χ3n) is 3.51. The van der Waals surface area contributed by atoms with Gasteiger partial charge in [-0.15, -0.1) is 0 Å². The fourth-order valence-electron chi connectivity index (χ4n) is 2.61. The molecule has 1 fully saturated rings. The van der Waals surface area contributed by atoms with Crippen molar-refractivity contribution in [2.24, 2.45) is 5.73 Å². The van der Waals surface area contributed by atoms with Crippen molar-refractivity contribution in [1.82, 2.24) is 4.98 Å². The molecule has 92 valence electrons. The van der Waals surface area contributed by atoms with Gasteiger partial charge in [0, 0.05) is 18.8 Å². The molecule has 0 aromatic carbocycles. The van der Waals surface area contributed by atoms with Gasteiger partial charge in [-0.05, 0) is 37.8 Å².